The van der Waals surface area contributed by atoms with E-state index in [-0.39, 0.29) is 0 Å². The molecular formula is C25H31BrN5O3P. The lowest BCUT2D eigenvalue weighted by Gasteiger charge is -2.30. The van der Waals surface area contributed by atoms with Crippen molar-refractivity contribution in [2.75, 3.05) is 62.3 Å². The molecular weight excluding hydrogens is 529 g/mol. The minimum Gasteiger partial charge on any atom is -0.494 e. The van der Waals surface area contributed by atoms with Crippen LogP contribution in [-0.2, 0) is 9.30 Å². The summed E-state index contributed by atoms with van der Waals surface area (Å²) in [6, 6.07) is 9.97. The first-order chi connectivity index (χ1) is 16.7. The summed E-state index contributed by atoms with van der Waals surface area (Å²) in [7, 11) is -0.846. The topological polar surface area (TPSA) is 88.6 Å². The predicted octanol–water partition coefficient (Wildman–Crippen LogP) is 5.44. The van der Waals surface area contributed by atoms with Gasteiger partial charge in [0.05, 0.1) is 36.2 Å². The fourth-order valence-electron chi connectivity index (χ4n) is 4.04. The largest absolute Gasteiger partial charge is 0.494 e. The number of ether oxygens (including phenoxy) is 2. The lowest BCUT2D eigenvalue weighted by molar-refractivity contribution is 0.122. The summed E-state index contributed by atoms with van der Waals surface area (Å²) < 4.78 is 24.8. The van der Waals surface area contributed by atoms with Gasteiger partial charge in [-0.1, -0.05) is 11.6 Å². The molecule has 1 aliphatic heterocycles. The Labute approximate surface area is 215 Å². The smallest absolute Gasteiger partial charge is 0.229 e. The Morgan fingerprint density at radius 3 is 2.51 bits per heavy atom. The molecule has 1 fully saturated rings. The van der Waals surface area contributed by atoms with Gasteiger partial charge in [0.15, 0.2) is 0 Å². The number of anilines is 5. The first kappa shape index (κ1) is 25.5. The Hall–Kier alpha value is -2.61. The Balaban J connectivity index is 1.63. The van der Waals surface area contributed by atoms with Gasteiger partial charge < -0.3 is 29.6 Å². The quantitative estimate of drug-likeness (QED) is 0.370. The van der Waals surface area contributed by atoms with E-state index in [1.54, 1.807) is 26.6 Å². The van der Waals surface area contributed by atoms with E-state index in [9.17, 15) is 4.57 Å². The lowest BCUT2D eigenvalue weighted by Crippen LogP contribution is -2.36. The second kappa shape index (κ2) is 10.6. The van der Waals surface area contributed by atoms with Gasteiger partial charge in [-0.05, 0) is 66.9 Å². The number of aromatic nitrogens is 2. The van der Waals surface area contributed by atoms with Crippen molar-refractivity contribution < 1.29 is 14.0 Å². The van der Waals surface area contributed by atoms with Crippen molar-refractivity contribution in [1.29, 1.82) is 0 Å². The van der Waals surface area contributed by atoms with Crippen LogP contribution in [0.5, 0.6) is 5.75 Å². The molecule has 0 unspecified atom stereocenters. The molecule has 8 nitrogen and oxygen atoms in total. The molecule has 0 atom stereocenters. The zero-order chi connectivity index (χ0) is 25.2. The molecule has 0 bridgehead atoms. The molecule has 0 amide bonds. The highest BCUT2D eigenvalue weighted by molar-refractivity contribution is 9.10. The number of hydrogen-bond acceptors (Lipinski definition) is 8. The highest BCUT2D eigenvalue weighted by atomic mass is 79.9. The maximum absolute atomic E-state index is 12.9. The molecule has 3 aromatic rings. The van der Waals surface area contributed by atoms with Crippen molar-refractivity contribution >= 4 is 57.2 Å². The summed E-state index contributed by atoms with van der Waals surface area (Å²) in [5, 5.41) is 7.41. The minimum atomic E-state index is -2.50. The molecule has 4 rings (SSSR count). The van der Waals surface area contributed by atoms with Gasteiger partial charge in [-0.3, -0.25) is 0 Å². The molecule has 10 heteroatoms. The first-order valence-electron chi connectivity index (χ1n) is 11.4. The van der Waals surface area contributed by atoms with E-state index >= 15 is 0 Å². The zero-order valence-corrected chi connectivity index (χ0v) is 23.2. The molecule has 1 aromatic heterocycles. The van der Waals surface area contributed by atoms with Crippen molar-refractivity contribution in [1.82, 2.24) is 9.97 Å². The SMILES string of the molecule is COc1cc(N2CCOCC2)c(C)cc1Nc1ncc(Br)c(Nc2ccc(C)cc2P(C)(C)=O)n1. The van der Waals surface area contributed by atoms with E-state index < -0.39 is 7.14 Å². The third-order valence-electron chi connectivity index (χ3n) is 5.85. The Morgan fingerprint density at radius 2 is 1.83 bits per heavy atom. The number of nitrogens with one attached hydrogen (secondary N) is 2. The molecule has 186 valence electrons. The van der Waals surface area contributed by atoms with Gasteiger partial charge in [0, 0.05) is 36.3 Å². The standard InChI is InChI=1S/C25H31BrN5O3P/c1-16-6-7-19(23(12-16)35(4,5)32)28-24-18(26)15-27-25(30-24)29-20-13-17(2)21(14-22(20)33-3)31-8-10-34-11-9-31/h6-7,12-15H,8-11H2,1-5H3,(H2,27,28,29,30). The van der Waals surface area contributed by atoms with Crippen LogP contribution in [0, 0.1) is 13.8 Å². The molecule has 2 heterocycles. The number of rotatable bonds is 7. The number of hydrogen-bond donors (Lipinski definition) is 2. The van der Waals surface area contributed by atoms with Crippen LogP contribution in [0.25, 0.3) is 0 Å². The number of morpholine rings is 1. The number of nitrogens with zero attached hydrogens (tertiary/aromatic N) is 3. The van der Waals surface area contributed by atoms with Crippen LogP contribution in [0.1, 0.15) is 11.1 Å². The van der Waals surface area contributed by atoms with E-state index in [1.807, 2.05) is 37.3 Å². The predicted molar refractivity (Wildman–Crippen MR) is 147 cm³/mol. The van der Waals surface area contributed by atoms with Gasteiger partial charge in [-0.25, -0.2) is 4.98 Å². The molecule has 2 N–H and O–H groups in total. The van der Waals surface area contributed by atoms with Crippen LogP contribution < -0.4 is 25.6 Å². The average molecular weight is 560 g/mol. The summed E-state index contributed by atoms with van der Waals surface area (Å²) in [5.74, 6) is 1.69. The van der Waals surface area contributed by atoms with Gasteiger partial charge in [0.2, 0.25) is 5.95 Å². The van der Waals surface area contributed by atoms with Crippen molar-refractivity contribution in [3.8, 4) is 5.75 Å². The Kier molecular flexibility index (Phi) is 7.69. The maximum atomic E-state index is 12.9. The van der Waals surface area contributed by atoms with Crippen LogP contribution in [0.15, 0.2) is 41.0 Å². The molecule has 0 aliphatic carbocycles. The average Bonchev–Trinajstić information content (AvgIpc) is 2.82. The number of methoxy groups -OCH3 is 1. The fraction of sp³-hybridized carbons (Fsp3) is 0.360. The van der Waals surface area contributed by atoms with Crippen LogP contribution in [0.4, 0.5) is 28.8 Å². The molecule has 0 radical (unpaired) electrons. The van der Waals surface area contributed by atoms with Gasteiger partial charge in [-0.15, -0.1) is 0 Å². The van der Waals surface area contributed by atoms with Crippen LogP contribution in [-0.4, -0.2) is 56.7 Å². The second-order valence-electron chi connectivity index (χ2n) is 8.95. The fourth-order valence-corrected chi connectivity index (χ4v) is 5.56. The molecule has 35 heavy (non-hydrogen) atoms. The van der Waals surface area contributed by atoms with E-state index in [1.165, 1.54) is 0 Å². The van der Waals surface area contributed by atoms with Crippen LogP contribution in [0.3, 0.4) is 0 Å². The van der Waals surface area contributed by atoms with Crippen molar-refractivity contribution in [3.05, 3.63) is 52.1 Å². The molecule has 2 aromatic carbocycles. The summed E-state index contributed by atoms with van der Waals surface area (Å²) in [6.07, 6.45) is 1.68. The van der Waals surface area contributed by atoms with Crippen LogP contribution in [0.2, 0.25) is 0 Å². The van der Waals surface area contributed by atoms with Gasteiger partial charge in [0.25, 0.3) is 0 Å². The summed E-state index contributed by atoms with van der Waals surface area (Å²) in [4.78, 5) is 11.4. The third-order valence-corrected chi connectivity index (χ3v) is 7.96. The van der Waals surface area contributed by atoms with Crippen molar-refractivity contribution in [2.24, 2.45) is 0 Å². The van der Waals surface area contributed by atoms with E-state index in [4.69, 9.17) is 9.47 Å². The van der Waals surface area contributed by atoms with E-state index in [0.29, 0.717) is 22.0 Å². The lowest BCUT2D eigenvalue weighted by atomic mass is 10.1. The highest BCUT2D eigenvalue weighted by Gasteiger charge is 2.19. The third kappa shape index (κ3) is 5.97. The minimum absolute atomic E-state index is 0.414. The van der Waals surface area contributed by atoms with E-state index in [0.717, 1.165) is 59.8 Å². The Bertz CT molecular complexity index is 1270. The highest BCUT2D eigenvalue weighted by Crippen LogP contribution is 2.39. The Morgan fingerprint density at radius 1 is 1.09 bits per heavy atom. The number of benzene rings is 2. The summed E-state index contributed by atoms with van der Waals surface area (Å²) in [5.41, 5.74) is 4.85. The summed E-state index contributed by atoms with van der Waals surface area (Å²) >= 11 is 3.53. The summed E-state index contributed by atoms with van der Waals surface area (Å²) in [6.45, 7) is 10.8. The van der Waals surface area contributed by atoms with Gasteiger partial charge >= 0.3 is 0 Å². The maximum Gasteiger partial charge on any atom is 0.229 e. The number of aryl methyl sites for hydroxylation is 2. The molecule has 0 spiro atoms. The van der Waals surface area contributed by atoms with Crippen LogP contribution >= 0.6 is 23.1 Å². The first-order valence-corrected chi connectivity index (χ1v) is 14.8. The molecule has 0 saturated carbocycles. The van der Waals surface area contributed by atoms with Crippen molar-refractivity contribution in [3.63, 3.8) is 0 Å². The second-order valence-corrected chi connectivity index (χ2v) is 13.0. The molecule has 1 aliphatic rings. The van der Waals surface area contributed by atoms with Gasteiger partial charge in [-0.2, -0.15) is 4.98 Å². The number of halogens is 1. The van der Waals surface area contributed by atoms with E-state index in [2.05, 4.69) is 48.4 Å². The molecule has 1 saturated heterocycles. The zero-order valence-electron chi connectivity index (χ0n) is 20.7. The normalized spacial score (nSPS) is 14.1. The monoisotopic (exact) mass is 559 g/mol. The van der Waals surface area contributed by atoms with Crippen molar-refractivity contribution in [2.45, 2.75) is 13.8 Å². The van der Waals surface area contributed by atoms with Gasteiger partial charge in [0.1, 0.15) is 18.7 Å².